The zero-order valence-corrected chi connectivity index (χ0v) is 14.6. The van der Waals surface area contributed by atoms with E-state index in [4.69, 9.17) is 26.8 Å². The topological polar surface area (TPSA) is 47.7 Å². The number of nitrogens with zero attached hydrogens (tertiary/aromatic N) is 1. The van der Waals surface area contributed by atoms with E-state index in [0.717, 1.165) is 37.6 Å². The summed E-state index contributed by atoms with van der Waals surface area (Å²) < 4.78 is 11.9. The summed E-state index contributed by atoms with van der Waals surface area (Å²) in [4.78, 5) is 2.36. The lowest BCUT2D eigenvalue weighted by atomic mass is 10.1. The van der Waals surface area contributed by atoms with Gasteiger partial charge in [-0.2, -0.15) is 0 Å². The smallest absolute Gasteiger partial charge is 0.121 e. The van der Waals surface area contributed by atoms with Crippen LogP contribution in [0.2, 0.25) is 5.02 Å². The fourth-order valence-corrected chi connectivity index (χ4v) is 3.14. The molecule has 1 aliphatic rings. The standard InChI is InChI=1S/C19H23ClN2O2/c1-19(24-16-7-8-18(21)17(20)13-16)9-10-22(14-19)11-12-23-15-5-3-2-4-6-15/h2-8,13H,9-12,14,21H2,1H3. The second-order valence-electron chi connectivity index (χ2n) is 6.42. The number of anilines is 1. The average Bonchev–Trinajstić information content (AvgIpc) is 2.93. The van der Waals surface area contributed by atoms with E-state index in [1.807, 2.05) is 36.4 Å². The van der Waals surface area contributed by atoms with Crippen LogP contribution in [-0.4, -0.2) is 36.7 Å². The Morgan fingerprint density at radius 1 is 1.17 bits per heavy atom. The lowest BCUT2D eigenvalue weighted by molar-refractivity contribution is 0.0935. The molecule has 24 heavy (non-hydrogen) atoms. The molecule has 2 aromatic rings. The van der Waals surface area contributed by atoms with Gasteiger partial charge in [0.25, 0.3) is 0 Å². The van der Waals surface area contributed by atoms with Gasteiger partial charge in [-0.25, -0.2) is 0 Å². The maximum Gasteiger partial charge on any atom is 0.121 e. The monoisotopic (exact) mass is 346 g/mol. The van der Waals surface area contributed by atoms with Crippen LogP contribution in [0.3, 0.4) is 0 Å². The molecular weight excluding hydrogens is 324 g/mol. The molecule has 1 aliphatic heterocycles. The van der Waals surface area contributed by atoms with Crippen molar-refractivity contribution in [1.29, 1.82) is 0 Å². The predicted octanol–water partition coefficient (Wildman–Crippen LogP) is 3.84. The molecule has 2 N–H and O–H groups in total. The van der Waals surface area contributed by atoms with Crippen molar-refractivity contribution < 1.29 is 9.47 Å². The van der Waals surface area contributed by atoms with Crippen molar-refractivity contribution in [2.75, 3.05) is 32.0 Å². The first-order valence-electron chi connectivity index (χ1n) is 8.18. The summed E-state index contributed by atoms with van der Waals surface area (Å²) in [6.45, 7) is 5.56. The summed E-state index contributed by atoms with van der Waals surface area (Å²) in [6.07, 6.45) is 0.973. The van der Waals surface area contributed by atoms with Crippen molar-refractivity contribution >= 4 is 17.3 Å². The highest BCUT2D eigenvalue weighted by molar-refractivity contribution is 6.33. The molecule has 0 aromatic heterocycles. The van der Waals surface area contributed by atoms with Gasteiger partial charge < -0.3 is 15.2 Å². The Labute approximate surface area is 148 Å². The van der Waals surface area contributed by atoms with Gasteiger partial charge in [-0.3, -0.25) is 4.90 Å². The molecule has 0 aliphatic carbocycles. The quantitative estimate of drug-likeness (QED) is 0.807. The maximum absolute atomic E-state index is 6.17. The molecule has 1 unspecified atom stereocenters. The minimum Gasteiger partial charge on any atom is -0.492 e. The Morgan fingerprint density at radius 3 is 2.71 bits per heavy atom. The summed E-state index contributed by atoms with van der Waals surface area (Å²) in [7, 11) is 0. The first kappa shape index (κ1) is 16.9. The third kappa shape index (κ3) is 4.34. The number of benzene rings is 2. The van der Waals surface area contributed by atoms with Crippen molar-refractivity contribution in [2.45, 2.75) is 18.9 Å². The molecule has 0 amide bonds. The molecule has 3 rings (SSSR count). The number of hydrogen-bond acceptors (Lipinski definition) is 4. The van der Waals surface area contributed by atoms with Crippen molar-refractivity contribution in [3.05, 3.63) is 53.6 Å². The first-order chi connectivity index (χ1) is 11.5. The van der Waals surface area contributed by atoms with Crippen LogP contribution in [0.25, 0.3) is 0 Å². The van der Waals surface area contributed by atoms with Crippen molar-refractivity contribution in [2.24, 2.45) is 0 Å². The number of hydrogen-bond donors (Lipinski definition) is 1. The number of halogens is 1. The number of nitrogens with two attached hydrogens (primary N) is 1. The molecule has 0 saturated carbocycles. The van der Waals surface area contributed by atoms with Crippen LogP contribution in [0.4, 0.5) is 5.69 Å². The average molecular weight is 347 g/mol. The van der Waals surface area contributed by atoms with Gasteiger partial charge in [-0.05, 0) is 31.2 Å². The lowest BCUT2D eigenvalue weighted by Gasteiger charge is -2.26. The second-order valence-corrected chi connectivity index (χ2v) is 6.83. The van der Waals surface area contributed by atoms with Crippen LogP contribution >= 0.6 is 11.6 Å². The molecule has 1 heterocycles. The minimum absolute atomic E-state index is 0.216. The van der Waals surface area contributed by atoms with Gasteiger partial charge in [-0.1, -0.05) is 29.8 Å². The summed E-state index contributed by atoms with van der Waals surface area (Å²) in [5.74, 6) is 1.67. The molecule has 5 heteroatoms. The number of nitrogen functional groups attached to an aromatic ring is 1. The van der Waals surface area contributed by atoms with Crippen molar-refractivity contribution in [3.8, 4) is 11.5 Å². The zero-order valence-electron chi connectivity index (χ0n) is 13.9. The SMILES string of the molecule is CC1(Oc2ccc(N)c(Cl)c2)CCN(CCOc2ccccc2)C1. The third-order valence-electron chi connectivity index (χ3n) is 4.27. The van der Waals surface area contributed by atoms with E-state index in [9.17, 15) is 0 Å². The first-order valence-corrected chi connectivity index (χ1v) is 8.56. The Morgan fingerprint density at radius 2 is 1.96 bits per heavy atom. The Bertz CT molecular complexity index is 680. The van der Waals surface area contributed by atoms with Crippen molar-refractivity contribution in [3.63, 3.8) is 0 Å². The Balaban J connectivity index is 1.49. The third-order valence-corrected chi connectivity index (χ3v) is 4.60. The number of likely N-dealkylation sites (tertiary alicyclic amines) is 1. The molecule has 128 valence electrons. The Kier molecular flexibility index (Phi) is 5.17. The molecule has 0 bridgehead atoms. The Hall–Kier alpha value is -1.91. The minimum atomic E-state index is -0.216. The fraction of sp³-hybridized carbons (Fsp3) is 0.368. The van der Waals surface area contributed by atoms with E-state index in [1.165, 1.54) is 0 Å². The highest BCUT2D eigenvalue weighted by atomic mass is 35.5. The van der Waals surface area contributed by atoms with E-state index < -0.39 is 0 Å². The molecule has 0 spiro atoms. The van der Waals surface area contributed by atoms with E-state index in [0.29, 0.717) is 17.3 Å². The molecule has 1 saturated heterocycles. The van der Waals surface area contributed by atoms with E-state index in [1.54, 1.807) is 12.1 Å². The van der Waals surface area contributed by atoms with Gasteiger partial charge in [0.05, 0.1) is 10.7 Å². The number of para-hydroxylation sites is 1. The predicted molar refractivity (Wildman–Crippen MR) is 97.9 cm³/mol. The van der Waals surface area contributed by atoms with Crippen molar-refractivity contribution in [1.82, 2.24) is 4.90 Å². The van der Waals surface area contributed by atoms with Crippen LogP contribution < -0.4 is 15.2 Å². The molecule has 2 aromatic carbocycles. The molecule has 4 nitrogen and oxygen atoms in total. The highest BCUT2D eigenvalue weighted by Crippen LogP contribution is 2.31. The molecular formula is C19H23ClN2O2. The molecule has 1 atom stereocenters. The second kappa shape index (κ2) is 7.32. The van der Waals surface area contributed by atoms with Gasteiger partial charge in [0.1, 0.15) is 23.7 Å². The maximum atomic E-state index is 6.17. The van der Waals surface area contributed by atoms with Gasteiger partial charge in [0, 0.05) is 32.1 Å². The van der Waals surface area contributed by atoms with Crippen LogP contribution in [0.5, 0.6) is 11.5 Å². The van der Waals surface area contributed by atoms with Crippen LogP contribution in [0, 0.1) is 0 Å². The van der Waals surface area contributed by atoms with E-state index in [2.05, 4.69) is 11.8 Å². The number of rotatable bonds is 6. The van der Waals surface area contributed by atoms with Gasteiger partial charge in [0.15, 0.2) is 0 Å². The summed E-state index contributed by atoms with van der Waals surface area (Å²) in [5.41, 5.74) is 6.10. The molecule has 1 fully saturated rings. The fourth-order valence-electron chi connectivity index (χ4n) is 2.97. The zero-order chi connectivity index (χ0) is 17.0. The van der Waals surface area contributed by atoms with Gasteiger partial charge in [-0.15, -0.1) is 0 Å². The molecule has 0 radical (unpaired) electrons. The lowest BCUT2D eigenvalue weighted by Crippen LogP contribution is -2.37. The van der Waals surface area contributed by atoms with Gasteiger partial charge in [0.2, 0.25) is 0 Å². The van der Waals surface area contributed by atoms with Crippen LogP contribution in [-0.2, 0) is 0 Å². The van der Waals surface area contributed by atoms with E-state index >= 15 is 0 Å². The van der Waals surface area contributed by atoms with Crippen LogP contribution in [0.15, 0.2) is 48.5 Å². The normalized spacial score (nSPS) is 20.9. The van der Waals surface area contributed by atoms with E-state index in [-0.39, 0.29) is 5.60 Å². The summed E-state index contributed by atoms with van der Waals surface area (Å²) >= 11 is 6.07. The largest absolute Gasteiger partial charge is 0.492 e. The summed E-state index contributed by atoms with van der Waals surface area (Å²) in [6, 6.07) is 15.3. The number of ether oxygens (including phenoxy) is 2. The highest BCUT2D eigenvalue weighted by Gasteiger charge is 2.35. The van der Waals surface area contributed by atoms with Gasteiger partial charge >= 0.3 is 0 Å². The van der Waals surface area contributed by atoms with Crippen LogP contribution in [0.1, 0.15) is 13.3 Å². The summed E-state index contributed by atoms with van der Waals surface area (Å²) in [5, 5.41) is 0.530.